The fourth-order valence-electron chi connectivity index (χ4n) is 6.42. The molecule has 10 heteroatoms. The molecule has 5 rings (SSSR count). The number of hydrogen-bond donors (Lipinski definition) is 3. The zero-order valence-electron chi connectivity index (χ0n) is 19.1. The van der Waals surface area contributed by atoms with Crippen molar-refractivity contribution in [2.45, 2.75) is 25.3 Å². The van der Waals surface area contributed by atoms with E-state index in [2.05, 4.69) is 4.90 Å². The topological polar surface area (TPSA) is 123 Å². The molecule has 4 aliphatic rings. The number of ether oxygens (including phenoxy) is 1. The van der Waals surface area contributed by atoms with Crippen LogP contribution in [0, 0.1) is 23.2 Å². The quantitative estimate of drug-likeness (QED) is 0.445. The maximum absolute atomic E-state index is 13.6. The number of hydrogen-bond acceptors (Lipinski definition) is 6. The van der Waals surface area contributed by atoms with E-state index in [4.69, 9.17) is 4.74 Å². The summed E-state index contributed by atoms with van der Waals surface area (Å²) in [5, 5.41) is 19.5. The van der Waals surface area contributed by atoms with Crippen LogP contribution in [0.1, 0.15) is 19.3 Å². The Hall–Kier alpha value is -2.85. The first-order valence-electron chi connectivity index (χ1n) is 12.0. The van der Waals surface area contributed by atoms with Crippen molar-refractivity contribution in [1.82, 2.24) is 15.3 Å². The SMILES string of the molecule is O=C(NO)[C@H]1C[C@]2(CC2C2CCOC2)CN(C(=O)O)[C@@H]1C(=O)N1CCN(c2ccccc2)CC1. The van der Waals surface area contributed by atoms with E-state index in [0.717, 1.165) is 23.4 Å². The van der Waals surface area contributed by atoms with Crippen LogP contribution in [0.4, 0.5) is 10.5 Å². The van der Waals surface area contributed by atoms with Gasteiger partial charge in [-0.2, -0.15) is 0 Å². The van der Waals surface area contributed by atoms with Crippen LogP contribution < -0.4 is 10.4 Å². The number of hydroxylamine groups is 1. The third kappa shape index (κ3) is 4.09. The van der Waals surface area contributed by atoms with Crippen molar-refractivity contribution in [1.29, 1.82) is 0 Å². The molecule has 0 bridgehead atoms. The smallest absolute Gasteiger partial charge is 0.408 e. The van der Waals surface area contributed by atoms with Gasteiger partial charge in [0.1, 0.15) is 6.04 Å². The first-order valence-corrected chi connectivity index (χ1v) is 12.0. The summed E-state index contributed by atoms with van der Waals surface area (Å²) in [6.07, 6.45) is 0.940. The van der Waals surface area contributed by atoms with Gasteiger partial charge in [-0.25, -0.2) is 10.3 Å². The molecule has 184 valence electrons. The number of benzene rings is 1. The number of rotatable bonds is 4. The molecule has 1 aromatic rings. The maximum Gasteiger partial charge on any atom is 0.408 e. The summed E-state index contributed by atoms with van der Waals surface area (Å²) in [5.74, 6) is -1.36. The second-order valence-corrected chi connectivity index (χ2v) is 10.1. The van der Waals surface area contributed by atoms with Gasteiger partial charge in [-0.15, -0.1) is 0 Å². The molecule has 10 nitrogen and oxygen atoms in total. The molecule has 3 heterocycles. The van der Waals surface area contributed by atoms with Crippen molar-refractivity contribution >= 4 is 23.6 Å². The van der Waals surface area contributed by atoms with Gasteiger partial charge in [-0.3, -0.25) is 19.7 Å². The molecular formula is C24H32N4O6. The van der Waals surface area contributed by atoms with Crippen LogP contribution in [-0.2, 0) is 14.3 Å². The molecule has 2 unspecified atom stereocenters. The molecule has 0 radical (unpaired) electrons. The Morgan fingerprint density at radius 2 is 1.79 bits per heavy atom. The lowest BCUT2D eigenvalue weighted by Gasteiger charge is -2.45. The number of piperidine rings is 1. The number of nitrogens with zero attached hydrogens (tertiary/aromatic N) is 3. The second-order valence-electron chi connectivity index (χ2n) is 10.1. The van der Waals surface area contributed by atoms with E-state index in [1.165, 1.54) is 0 Å². The van der Waals surface area contributed by atoms with Gasteiger partial charge in [0.2, 0.25) is 11.8 Å². The molecule has 5 atom stereocenters. The lowest BCUT2D eigenvalue weighted by molar-refractivity contribution is -0.150. The lowest BCUT2D eigenvalue weighted by Crippen LogP contribution is -2.63. The highest BCUT2D eigenvalue weighted by Gasteiger charge is 2.64. The van der Waals surface area contributed by atoms with Gasteiger partial charge in [0.25, 0.3) is 0 Å². The lowest BCUT2D eigenvalue weighted by atomic mass is 9.77. The van der Waals surface area contributed by atoms with E-state index in [0.29, 0.717) is 51.7 Å². The van der Waals surface area contributed by atoms with Crippen LogP contribution in [0.25, 0.3) is 0 Å². The molecule has 3 aliphatic heterocycles. The van der Waals surface area contributed by atoms with Crippen molar-refractivity contribution in [3.63, 3.8) is 0 Å². The van der Waals surface area contributed by atoms with Gasteiger partial charge in [0, 0.05) is 51.6 Å². The fraction of sp³-hybridized carbons (Fsp3) is 0.625. The van der Waals surface area contributed by atoms with Crippen molar-refractivity contribution < 1.29 is 29.4 Å². The zero-order chi connectivity index (χ0) is 23.9. The van der Waals surface area contributed by atoms with E-state index in [1.54, 1.807) is 10.4 Å². The number of piperazine rings is 1. The molecular weight excluding hydrogens is 440 g/mol. The number of nitrogens with one attached hydrogen (secondary N) is 1. The summed E-state index contributed by atoms with van der Waals surface area (Å²) in [6, 6.07) is 8.79. The molecule has 34 heavy (non-hydrogen) atoms. The molecule has 1 aliphatic carbocycles. The summed E-state index contributed by atoms with van der Waals surface area (Å²) in [7, 11) is 0. The van der Waals surface area contributed by atoms with Crippen LogP contribution in [-0.4, -0.2) is 90.0 Å². The Labute approximate surface area is 198 Å². The van der Waals surface area contributed by atoms with Gasteiger partial charge < -0.3 is 19.6 Å². The number of amides is 3. The van der Waals surface area contributed by atoms with Crippen LogP contribution in [0.15, 0.2) is 30.3 Å². The second kappa shape index (κ2) is 9.07. The molecule has 1 saturated carbocycles. The number of para-hydroxylation sites is 1. The highest BCUT2D eigenvalue weighted by atomic mass is 16.5. The van der Waals surface area contributed by atoms with Crippen LogP contribution >= 0.6 is 0 Å². The largest absolute Gasteiger partial charge is 0.465 e. The standard InChI is InChI=1S/C24H32N4O6/c29-21(25-33)18-12-24(13-19(24)16-6-11-34-14-16)15-28(23(31)32)20(18)22(30)27-9-7-26(8-10-27)17-4-2-1-3-5-17/h1-5,16,18-20,33H,6-15H2,(H,25,29)(H,31,32)/t16?,18-,19?,20-,24-/m0/s1. The van der Waals surface area contributed by atoms with Crippen molar-refractivity contribution in [3.05, 3.63) is 30.3 Å². The van der Waals surface area contributed by atoms with Crippen molar-refractivity contribution in [2.75, 3.05) is 50.8 Å². The van der Waals surface area contributed by atoms with Crippen LogP contribution in [0.5, 0.6) is 0 Å². The Bertz CT molecular complexity index is 931. The summed E-state index contributed by atoms with van der Waals surface area (Å²) < 4.78 is 5.53. The van der Waals surface area contributed by atoms with E-state index >= 15 is 0 Å². The number of likely N-dealkylation sites (tertiary alicyclic amines) is 1. The predicted octanol–water partition coefficient (Wildman–Crippen LogP) is 1.25. The minimum atomic E-state index is -1.20. The summed E-state index contributed by atoms with van der Waals surface area (Å²) in [5.41, 5.74) is 2.44. The monoisotopic (exact) mass is 472 g/mol. The molecule has 0 aromatic heterocycles. The molecule has 3 amide bonds. The summed E-state index contributed by atoms with van der Waals surface area (Å²) in [4.78, 5) is 43.7. The average Bonchev–Trinajstić information content (AvgIpc) is 3.28. The maximum atomic E-state index is 13.6. The van der Waals surface area contributed by atoms with E-state index < -0.39 is 24.0 Å². The molecule has 1 aromatic carbocycles. The Balaban J connectivity index is 1.33. The van der Waals surface area contributed by atoms with Crippen LogP contribution in [0.3, 0.4) is 0 Å². The first kappa shape index (κ1) is 22.9. The van der Waals surface area contributed by atoms with E-state index in [-0.39, 0.29) is 23.8 Å². The minimum absolute atomic E-state index is 0.235. The van der Waals surface area contributed by atoms with Gasteiger partial charge in [0.15, 0.2) is 0 Å². The Kier molecular flexibility index (Phi) is 6.11. The molecule has 1 spiro atoms. The molecule has 3 saturated heterocycles. The number of anilines is 1. The number of carbonyl (C=O) groups excluding carboxylic acids is 2. The zero-order valence-corrected chi connectivity index (χ0v) is 19.1. The fourth-order valence-corrected chi connectivity index (χ4v) is 6.42. The van der Waals surface area contributed by atoms with Crippen molar-refractivity contribution in [2.24, 2.45) is 23.2 Å². The highest BCUT2D eigenvalue weighted by Crippen LogP contribution is 2.64. The van der Waals surface area contributed by atoms with E-state index in [1.807, 2.05) is 30.3 Å². The van der Waals surface area contributed by atoms with Gasteiger partial charge in [-0.05, 0) is 48.6 Å². The summed E-state index contributed by atoms with van der Waals surface area (Å²) in [6.45, 7) is 3.73. The van der Waals surface area contributed by atoms with Gasteiger partial charge >= 0.3 is 6.09 Å². The Morgan fingerprint density at radius 1 is 1.06 bits per heavy atom. The number of carbonyl (C=O) groups is 3. The Morgan fingerprint density at radius 3 is 2.41 bits per heavy atom. The predicted molar refractivity (Wildman–Crippen MR) is 121 cm³/mol. The van der Waals surface area contributed by atoms with Gasteiger partial charge in [-0.1, -0.05) is 18.2 Å². The van der Waals surface area contributed by atoms with Crippen molar-refractivity contribution in [3.8, 4) is 0 Å². The number of carboxylic acid groups (broad SMARTS) is 1. The van der Waals surface area contributed by atoms with E-state index in [9.17, 15) is 24.7 Å². The van der Waals surface area contributed by atoms with Gasteiger partial charge in [0.05, 0.1) is 5.92 Å². The first-order chi connectivity index (χ1) is 16.4. The van der Waals surface area contributed by atoms with Crippen LogP contribution in [0.2, 0.25) is 0 Å². The highest BCUT2D eigenvalue weighted by molar-refractivity contribution is 5.92. The molecule has 4 fully saturated rings. The normalized spacial score (nSPS) is 33.1. The third-order valence-corrected chi connectivity index (χ3v) is 8.27. The summed E-state index contributed by atoms with van der Waals surface area (Å²) >= 11 is 0. The molecule has 3 N–H and O–H groups in total. The average molecular weight is 473 g/mol. The minimum Gasteiger partial charge on any atom is -0.465 e. The third-order valence-electron chi connectivity index (χ3n) is 8.27.